The maximum Gasteiger partial charge on any atom is 0.307 e. The molecule has 0 saturated heterocycles. The van der Waals surface area contributed by atoms with Gasteiger partial charge in [-0.05, 0) is 37.5 Å². The number of aryl methyl sites for hydroxylation is 1. The number of nitrogens with zero attached hydrogens (tertiary/aromatic N) is 2. The molecule has 0 fully saturated rings. The summed E-state index contributed by atoms with van der Waals surface area (Å²) >= 11 is 3.33. The molecule has 1 aromatic heterocycles. The maximum atomic E-state index is 12.4. The standard InChI is InChI=1S/C16H19BrN2O4/c17-12-4-5-14-13(10-12)16(22)19(11-18-14)7-6-15(21)23-9-3-1-2-8-20/h4-5,10-11,20H,1-3,6-9H2. The third-order valence-corrected chi connectivity index (χ3v) is 3.90. The Bertz CT molecular complexity index is 730. The molecule has 1 N–H and O–H groups in total. The Morgan fingerprint density at radius 1 is 1.30 bits per heavy atom. The van der Waals surface area contributed by atoms with E-state index in [1.807, 2.05) is 6.07 Å². The number of halogens is 1. The summed E-state index contributed by atoms with van der Waals surface area (Å²) < 4.78 is 7.32. The van der Waals surface area contributed by atoms with Crippen LogP contribution in [0, 0.1) is 0 Å². The number of hydrogen-bond acceptors (Lipinski definition) is 5. The van der Waals surface area contributed by atoms with Crippen LogP contribution in [-0.4, -0.2) is 33.8 Å². The van der Waals surface area contributed by atoms with E-state index in [9.17, 15) is 9.59 Å². The van der Waals surface area contributed by atoms with E-state index in [2.05, 4.69) is 20.9 Å². The van der Waals surface area contributed by atoms with E-state index in [0.29, 0.717) is 23.9 Å². The molecule has 124 valence electrons. The third kappa shape index (κ3) is 5.14. The van der Waals surface area contributed by atoms with Crippen molar-refractivity contribution in [2.24, 2.45) is 0 Å². The van der Waals surface area contributed by atoms with Gasteiger partial charge in [-0.25, -0.2) is 4.98 Å². The lowest BCUT2D eigenvalue weighted by Crippen LogP contribution is -2.22. The molecular weight excluding hydrogens is 364 g/mol. The summed E-state index contributed by atoms with van der Waals surface area (Å²) in [6.45, 7) is 0.738. The molecule has 0 aliphatic carbocycles. The SMILES string of the molecule is O=C(CCn1cnc2ccc(Br)cc2c1=O)OCCCCCO. The minimum Gasteiger partial charge on any atom is -0.466 e. The van der Waals surface area contributed by atoms with Crippen molar-refractivity contribution in [1.29, 1.82) is 0 Å². The number of aliphatic hydroxyl groups excluding tert-OH is 1. The quantitative estimate of drug-likeness (QED) is 0.559. The first-order valence-electron chi connectivity index (χ1n) is 7.53. The van der Waals surface area contributed by atoms with Gasteiger partial charge in [0.2, 0.25) is 0 Å². The molecule has 0 spiro atoms. The topological polar surface area (TPSA) is 81.4 Å². The number of rotatable bonds is 8. The Hall–Kier alpha value is -1.73. The molecule has 0 aliphatic heterocycles. The Labute approximate surface area is 142 Å². The first-order chi connectivity index (χ1) is 11.1. The van der Waals surface area contributed by atoms with Crippen molar-refractivity contribution in [1.82, 2.24) is 9.55 Å². The van der Waals surface area contributed by atoms with Gasteiger partial charge >= 0.3 is 5.97 Å². The molecule has 2 rings (SSSR count). The predicted octanol–water partition coefficient (Wildman–Crippen LogP) is 2.25. The molecule has 0 bridgehead atoms. The smallest absolute Gasteiger partial charge is 0.307 e. The van der Waals surface area contributed by atoms with Crippen molar-refractivity contribution < 1.29 is 14.6 Å². The van der Waals surface area contributed by atoms with Gasteiger partial charge in [0.25, 0.3) is 5.56 Å². The van der Waals surface area contributed by atoms with E-state index in [4.69, 9.17) is 9.84 Å². The monoisotopic (exact) mass is 382 g/mol. The van der Waals surface area contributed by atoms with Gasteiger partial charge < -0.3 is 9.84 Å². The molecule has 0 radical (unpaired) electrons. The molecule has 2 aromatic rings. The zero-order chi connectivity index (χ0) is 16.7. The van der Waals surface area contributed by atoms with Crippen LogP contribution < -0.4 is 5.56 Å². The fourth-order valence-electron chi connectivity index (χ4n) is 2.15. The van der Waals surface area contributed by atoms with Gasteiger partial charge in [-0.3, -0.25) is 14.2 Å². The van der Waals surface area contributed by atoms with Crippen molar-refractivity contribution in [3.8, 4) is 0 Å². The molecule has 0 atom stereocenters. The fourth-order valence-corrected chi connectivity index (χ4v) is 2.51. The molecule has 7 heteroatoms. The lowest BCUT2D eigenvalue weighted by molar-refractivity contribution is -0.144. The fraction of sp³-hybridized carbons (Fsp3) is 0.438. The number of benzene rings is 1. The largest absolute Gasteiger partial charge is 0.466 e. The van der Waals surface area contributed by atoms with E-state index < -0.39 is 0 Å². The van der Waals surface area contributed by atoms with E-state index >= 15 is 0 Å². The molecule has 0 saturated carbocycles. The molecule has 6 nitrogen and oxygen atoms in total. The van der Waals surface area contributed by atoms with E-state index in [1.54, 1.807) is 12.1 Å². The molecular formula is C16H19BrN2O4. The van der Waals surface area contributed by atoms with Gasteiger partial charge in [-0.1, -0.05) is 15.9 Å². The van der Waals surface area contributed by atoms with Crippen molar-refractivity contribution in [3.63, 3.8) is 0 Å². The van der Waals surface area contributed by atoms with Gasteiger partial charge in [-0.15, -0.1) is 0 Å². The second-order valence-corrected chi connectivity index (χ2v) is 6.08. The number of aliphatic hydroxyl groups is 1. The molecule has 1 aromatic carbocycles. The summed E-state index contributed by atoms with van der Waals surface area (Å²) in [7, 11) is 0. The number of carbonyl (C=O) groups excluding carboxylic acids is 1. The van der Waals surface area contributed by atoms with Gasteiger partial charge in [0.1, 0.15) is 0 Å². The van der Waals surface area contributed by atoms with E-state index in [1.165, 1.54) is 10.9 Å². The number of aromatic nitrogens is 2. The van der Waals surface area contributed by atoms with Crippen LogP contribution in [0.4, 0.5) is 0 Å². The van der Waals surface area contributed by atoms with Crippen LogP contribution in [0.1, 0.15) is 25.7 Å². The van der Waals surface area contributed by atoms with Crippen molar-refractivity contribution >= 4 is 32.8 Å². The summed E-state index contributed by atoms with van der Waals surface area (Å²) in [6.07, 6.45) is 3.85. The van der Waals surface area contributed by atoms with Crippen LogP contribution in [0.25, 0.3) is 10.9 Å². The summed E-state index contributed by atoms with van der Waals surface area (Å²) in [5, 5.41) is 9.17. The highest BCUT2D eigenvalue weighted by atomic mass is 79.9. The van der Waals surface area contributed by atoms with Crippen LogP contribution in [0.15, 0.2) is 33.8 Å². The first-order valence-corrected chi connectivity index (χ1v) is 8.32. The zero-order valence-electron chi connectivity index (χ0n) is 12.7. The number of hydrogen-bond donors (Lipinski definition) is 1. The molecule has 23 heavy (non-hydrogen) atoms. The second kappa shape index (κ2) is 8.79. The minimum atomic E-state index is -0.338. The highest BCUT2D eigenvalue weighted by Crippen LogP contribution is 2.14. The molecule has 0 aliphatic rings. The van der Waals surface area contributed by atoms with Crippen LogP contribution in [0.5, 0.6) is 0 Å². The average Bonchev–Trinajstić information content (AvgIpc) is 2.54. The lowest BCUT2D eigenvalue weighted by Gasteiger charge is -2.07. The van der Waals surface area contributed by atoms with Crippen molar-refractivity contribution in [3.05, 3.63) is 39.4 Å². The molecule has 0 amide bonds. The molecule has 0 unspecified atom stereocenters. The first kappa shape index (κ1) is 17.6. The Morgan fingerprint density at radius 3 is 2.91 bits per heavy atom. The number of fused-ring (bicyclic) bond motifs is 1. The number of esters is 1. The average molecular weight is 383 g/mol. The zero-order valence-corrected chi connectivity index (χ0v) is 14.3. The van der Waals surface area contributed by atoms with Gasteiger partial charge in [0.15, 0.2) is 0 Å². The number of carbonyl (C=O) groups is 1. The lowest BCUT2D eigenvalue weighted by atomic mass is 10.2. The summed E-state index contributed by atoms with van der Waals surface area (Å²) in [5.74, 6) is -0.338. The van der Waals surface area contributed by atoms with Crippen LogP contribution in [0.3, 0.4) is 0 Å². The Balaban J connectivity index is 1.91. The highest BCUT2D eigenvalue weighted by Gasteiger charge is 2.08. The maximum absolute atomic E-state index is 12.4. The minimum absolute atomic E-state index is 0.126. The normalized spacial score (nSPS) is 10.9. The second-order valence-electron chi connectivity index (χ2n) is 5.16. The van der Waals surface area contributed by atoms with Gasteiger partial charge in [-0.2, -0.15) is 0 Å². The van der Waals surface area contributed by atoms with E-state index in [0.717, 1.165) is 17.3 Å². The third-order valence-electron chi connectivity index (χ3n) is 3.41. The van der Waals surface area contributed by atoms with Crippen LogP contribution in [0.2, 0.25) is 0 Å². The molecule has 1 heterocycles. The van der Waals surface area contributed by atoms with Crippen molar-refractivity contribution in [2.45, 2.75) is 32.2 Å². The Morgan fingerprint density at radius 2 is 2.13 bits per heavy atom. The predicted molar refractivity (Wildman–Crippen MR) is 90.2 cm³/mol. The number of ether oxygens (including phenoxy) is 1. The van der Waals surface area contributed by atoms with Gasteiger partial charge in [0.05, 0.1) is 30.3 Å². The number of unbranched alkanes of at least 4 members (excludes halogenated alkanes) is 2. The summed E-state index contributed by atoms with van der Waals surface area (Å²) in [6, 6.07) is 5.32. The van der Waals surface area contributed by atoms with Crippen molar-refractivity contribution in [2.75, 3.05) is 13.2 Å². The van der Waals surface area contributed by atoms with Gasteiger partial charge in [0, 0.05) is 17.6 Å². The highest BCUT2D eigenvalue weighted by molar-refractivity contribution is 9.10. The van der Waals surface area contributed by atoms with Crippen LogP contribution in [-0.2, 0) is 16.1 Å². The summed E-state index contributed by atoms with van der Waals surface area (Å²) in [5.41, 5.74) is 0.452. The summed E-state index contributed by atoms with van der Waals surface area (Å²) in [4.78, 5) is 28.2. The van der Waals surface area contributed by atoms with Crippen LogP contribution >= 0.6 is 15.9 Å². The Kier molecular flexibility index (Phi) is 6.73. The van der Waals surface area contributed by atoms with E-state index in [-0.39, 0.29) is 31.1 Å².